The molecule has 0 fully saturated rings. The fourth-order valence-electron chi connectivity index (χ4n) is 2.05. The van der Waals surface area contributed by atoms with E-state index in [1.807, 2.05) is 12.1 Å². The van der Waals surface area contributed by atoms with Crippen molar-refractivity contribution in [3.05, 3.63) is 47.2 Å². The van der Waals surface area contributed by atoms with Crippen LogP contribution >= 0.6 is 11.6 Å². The number of ether oxygens (including phenoxy) is 1. The summed E-state index contributed by atoms with van der Waals surface area (Å²) >= 11 is 5.88. The fraction of sp³-hybridized carbons (Fsp3) is 0.0714. The number of nitrogens with two attached hydrogens (primary N) is 1. The van der Waals surface area contributed by atoms with Gasteiger partial charge in [0.25, 0.3) is 0 Å². The molecule has 0 amide bonds. The standard InChI is InChI=1S/C14H11ClN4O2/c1-21-14(20)11-6-17-13-10(7-18-19(13)12(11)16)8-2-4-9(15)5-3-8/h2-7H,16H2,1H3. The molecule has 0 atom stereocenters. The Balaban J connectivity index is 2.18. The summed E-state index contributed by atoms with van der Waals surface area (Å²) < 4.78 is 6.07. The number of benzene rings is 1. The SMILES string of the molecule is COC(=O)c1cnc2c(-c3ccc(Cl)cc3)cnn2c1N. The Morgan fingerprint density at radius 1 is 1.29 bits per heavy atom. The first kappa shape index (κ1) is 13.4. The van der Waals surface area contributed by atoms with Gasteiger partial charge in [-0.25, -0.2) is 9.78 Å². The summed E-state index contributed by atoms with van der Waals surface area (Å²) in [6.45, 7) is 0. The van der Waals surface area contributed by atoms with Gasteiger partial charge in [0, 0.05) is 16.8 Å². The number of esters is 1. The number of fused-ring (bicyclic) bond motifs is 1. The number of aromatic nitrogens is 3. The number of halogens is 1. The highest BCUT2D eigenvalue weighted by atomic mass is 35.5. The maximum absolute atomic E-state index is 11.6. The molecule has 0 aliphatic carbocycles. The molecule has 2 heterocycles. The van der Waals surface area contributed by atoms with E-state index in [2.05, 4.69) is 14.8 Å². The lowest BCUT2D eigenvalue weighted by atomic mass is 10.1. The molecule has 0 spiro atoms. The Bertz CT molecular complexity index is 827. The van der Waals surface area contributed by atoms with Crippen LogP contribution in [-0.2, 0) is 4.74 Å². The molecule has 106 valence electrons. The first-order valence-electron chi connectivity index (χ1n) is 6.08. The fourth-order valence-corrected chi connectivity index (χ4v) is 2.17. The van der Waals surface area contributed by atoms with Gasteiger partial charge in [0.1, 0.15) is 11.4 Å². The number of rotatable bonds is 2. The van der Waals surface area contributed by atoms with Crippen molar-refractivity contribution in [2.24, 2.45) is 0 Å². The molecule has 0 saturated heterocycles. The number of anilines is 1. The van der Waals surface area contributed by atoms with Crippen molar-refractivity contribution in [3.8, 4) is 11.1 Å². The predicted octanol–water partition coefficient (Wildman–Crippen LogP) is 2.42. The normalized spacial score (nSPS) is 10.8. The van der Waals surface area contributed by atoms with Crippen molar-refractivity contribution in [3.63, 3.8) is 0 Å². The van der Waals surface area contributed by atoms with E-state index in [1.165, 1.54) is 17.8 Å². The van der Waals surface area contributed by atoms with Crippen LogP contribution in [0.4, 0.5) is 5.82 Å². The van der Waals surface area contributed by atoms with Crippen LogP contribution in [0.15, 0.2) is 36.7 Å². The molecular weight excluding hydrogens is 292 g/mol. The van der Waals surface area contributed by atoms with E-state index in [9.17, 15) is 4.79 Å². The third-order valence-corrected chi connectivity index (χ3v) is 3.38. The summed E-state index contributed by atoms with van der Waals surface area (Å²) in [6.07, 6.45) is 3.03. The van der Waals surface area contributed by atoms with E-state index >= 15 is 0 Å². The predicted molar refractivity (Wildman–Crippen MR) is 79.2 cm³/mol. The Morgan fingerprint density at radius 2 is 2.00 bits per heavy atom. The zero-order valence-corrected chi connectivity index (χ0v) is 11.8. The van der Waals surface area contributed by atoms with Crippen molar-refractivity contribution in [1.29, 1.82) is 0 Å². The van der Waals surface area contributed by atoms with Crippen LogP contribution in [0.25, 0.3) is 16.8 Å². The number of nitrogens with zero attached hydrogens (tertiary/aromatic N) is 3. The van der Waals surface area contributed by atoms with E-state index in [0.29, 0.717) is 10.7 Å². The van der Waals surface area contributed by atoms with Gasteiger partial charge in [-0.2, -0.15) is 9.61 Å². The van der Waals surface area contributed by atoms with Gasteiger partial charge in [-0.05, 0) is 17.7 Å². The van der Waals surface area contributed by atoms with E-state index in [1.54, 1.807) is 18.3 Å². The highest BCUT2D eigenvalue weighted by Crippen LogP contribution is 2.26. The second-order valence-corrected chi connectivity index (χ2v) is 4.79. The molecule has 0 saturated carbocycles. The lowest BCUT2D eigenvalue weighted by molar-refractivity contribution is 0.0601. The first-order valence-corrected chi connectivity index (χ1v) is 6.46. The summed E-state index contributed by atoms with van der Waals surface area (Å²) in [7, 11) is 1.29. The van der Waals surface area contributed by atoms with Gasteiger partial charge >= 0.3 is 5.97 Å². The molecule has 7 heteroatoms. The zero-order chi connectivity index (χ0) is 15.0. The van der Waals surface area contributed by atoms with E-state index < -0.39 is 5.97 Å². The molecule has 6 nitrogen and oxygen atoms in total. The Morgan fingerprint density at radius 3 is 2.67 bits per heavy atom. The minimum atomic E-state index is -0.551. The number of hydrogen-bond donors (Lipinski definition) is 1. The number of carbonyl (C=O) groups is 1. The van der Waals surface area contributed by atoms with Crippen molar-refractivity contribution < 1.29 is 9.53 Å². The number of nitrogen functional groups attached to an aromatic ring is 1. The van der Waals surface area contributed by atoms with Crippen molar-refractivity contribution in [2.75, 3.05) is 12.8 Å². The van der Waals surface area contributed by atoms with Crippen LogP contribution < -0.4 is 5.73 Å². The summed E-state index contributed by atoms with van der Waals surface area (Å²) in [6, 6.07) is 7.30. The van der Waals surface area contributed by atoms with Gasteiger partial charge in [0.05, 0.1) is 13.3 Å². The lowest BCUT2D eigenvalue weighted by Gasteiger charge is -2.05. The Kier molecular flexibility index (Phi) is 3.23. The van der Waals surface area contributed by atoms with Crippen LogP contribution in [0.2, 0.25) is 5.02 Å². The third kappa shape index (κ3) is 2.19. The quantitative estimate of drug-likeness (QED) is 0.735. The largest absolute Gasteiger partial charge is 0.465 e. The smallest absolute Gasteiger partial charge is 0.343 e. The minimum Gasteiger partial charge on any atom is -0.465 e. The molecule has 21 heavy (non-hydrogen) atoms. The number of hydrogen-bond acceptors (Lipinski definition) is 5. The molecule has 1 aromatic carbocycles. The van der Waals surface area contributed by atoms with Gasteiger partial charge in [-0.15, -0.1) is 0 Å². The first-order chi connectivity index (χ1) is 10.1. The van der Waals surface area contributed by atoms with Gasteiger partial charge in [-0.3, -0.25) is 0 Å². The van der Waals surface area contributed by atoms with Gasteiger partial charge < -0.3 is 10.5 Å². The molecule has 0 radical (unpaired) electrons. The summed E-state index contributed by atoms with van der Waals surface area (Å²) in [4.78, 5) is 15.9. The monoisotopic (exact) mass is 302 g/mol. The van der Waals surface area contributed by atoms with Crippen molar-refractivity contribution >= 4 is 29.0 Å². The van der Waals surface area contributed by atoms with Crippen LogP contribution in [0.1, 0.15) is 10.4 Å². The molecule has 2 N–H and O–H groups in total. The lowest BCUT2D eigenvalue weighted by Crippen LogP contribution is -2.11. The van der Waals surface area contributed by atoms with Crippen molar-refractivity contribution in [1.82, 2.24) is 14.6 Å². The van der Waals surface area contributed by atoms with E-state index in [4.69, 9.17) is 17.3 Å². The molecule has 0 bridgehead atoms. The molecule has 3 aromatic rings. The molecule has 0 aliphatic heterocycles. The van der Waals surface area contributed by atoms with E-state index in [0.717, 1.165) is 11.1 Å². The average Bonchev–Trinajstić information content (AvgIpc) is 2.92. The zero-order valence-electron chi connectivity index (χ0n) is 11.1. The van der Waals surface area contributed by atoms with Crippen LogP contribution in [0.5, 0.6) is 0 Å². The molecule has 2 aromatic heterocycles. The summed E-state index contributed by atoms with van der Waals surface area (Å²) in [5.41, 5.74) is 8.39. The highest BCUT2D eigenvalue weighted by Gasteiger charge is 2.17. The second kappa shape index (κ2) is 5.06. The Labute approximate surface area is 125 Å². The van der Waals surface area contributed by atoms with Gasteiger partial charge in [0.2, 0.25) is 0 Å². The third-order valence-electron chi connectivity index (χ3n) is 3.12. The minimum absolute atomic E-state index is 0.177. The van der Waals surface area contributed by atoms with Crippen LogP contribution in [-0.4, -0.2) is 27.7 Å². The van der Waals surface area contributed by atoms with E-state index in [-0.39, 0.29) is 11.4 Å². The number of carbonyl (C=O) groups excluding carboxylic acids is 1. The van der Waals surface area contributed by atoms with Gasteiger partial charge in [0.15, 0.2) is 5.65 Å². The Hall–Kier alpha value is -2.60. The maximum atomic E-state index is 11.6. The van der Waals surface area contributed by atoms with Crippen LogP contribution in [0.3, 0.4) is 0 Å². The number of methoxy groups -OCH3 is 1. The topological polar surface area (TPSA) is 82.5 Å². The van der Waals surface area contributed by atoms with Crippen molar-refractivity contribution in [2.45, 2.75) is 0 Å². The average molecular weight is 303 g/mol. The summed E-state index contributed by atoms with van der Waals surface area (Å²) in [5, 5.41) is 4.83. The van der Waals surface area contributed by atoms with Crippen LogP contribution in [0, 0.1) is 0 Å². The molecule has 0 unspecified atom stereocenters. The molecule has 3 rings (SSSR count). The second-order valence-electron chi connectivity index (χ2n) is 4.35. The summed E-state index contributed by atoms with van der Waals surface area (Å²) in [5.74, 6) is -0.363. The van der Waals surface area contributed by atoms with Gasteiger partial charge in [-0.1, -0.05) is 23.7 Å². The maximum Gasteiger partial charge on any atom is 0.343 e. The molecule has 0 aliphatic rings. The molecular formula is C14H11ClN4O2. The highest BCUT2D eigenvalue weighted by molar-refractivity contribution is 6.30.